The molecule has 1 aliphatic carbocycles. The van der Waals surface area contributed by atoms with Crippen LogP contribution in [-0.4, -0.2) is 11.6 Å². The molecule has 4 heteroatoms. The average Bonchev–Trinajstić information content (AvgIpc) is 2.46. The van der Waals surface area contributed by atoms with Gasteiger partial charge in [-0.1, -0.05) is 42.0 Å². The lowest BCUT2D eigenvalue weighted by Gasteiger charge is -2.22. The lowest BCUT2D eigenvalue weighted by Crippen LogP contribution is -2.23. The SMILES string of the molecule is C=C(C)[C@H]1CC=C(C)/C(=N/NC(=O)c2ccccc2Cl)C1. The highest BCUT2D eigenvalue weighted by Crippen LogP contribution is 2.26. The Hall–Kier alpha value is -1.87. The van der Waals surface area contributed by atoms with E-state index in [-0.39, 0.29) is 5.91 Å². The van der Waals surface area contributed by atoms with Gasteiger partial charge in [0.15, 0.2) is 0 Å². The van der Waals surface area contributed by atoms with Gasteiger partial charge in [-0.05, 0) is 50.3 Å². The first-order chi connectivity index (χ1) is 9.99. The second-order valence-electron chi connectivity index (χ2n) is 5.35. The Bertz CT molecular complexity index is 631. The molecule has 0 bridgehead atoms. The van der Waals surface area contributed by atoms with Gasteiger partial charge in [0.25, 0.3) is 5.91 Å². The number of hydrogen-bond donors (Lipinski definition) is 1. The highest BCUT2D eigenvalue weighted by Gasteiger charge is 2.19. The lowest BCUT2D eigenvalue weighted by atomic mass is 9.85. The van der Waals surface area contributed by atoms with Crippen LogP contribution in [0.5, 0.6) is 0 Å². The van der Waals surface area contributed by atoms with Crippen molar-refractivity contribution in [2.24, 2.45) is 11.0 Å². The fourth-order valence-electron chi connectivity index (χ4n) is 2.25. The third-order valence-corrected chi connectivity index (χ3v) is 4.04. The number of hydrazone groups is 1. The topological polar surface area (TPSA) is 41.5 Å². The molecule has 1 N–H and O–H groups in total. The molecule has 1 amide bonds. The molecule has 0 saturated heterocycles. The lowest BCUT2D eigenvalue weighted by molar-refractivity contribution is 0.0955. The molecular weight excluding hydrogens is 284 g/mol. The molecule has 1 aliphatic rings. The normalized spacial score (nSPS) is 20.0. The van der Waals surface area contributed by atoms with E-state index >= 15 is 0 Å². The van der Waals surface area contributed by atoms with Crippen LogP contribution in [0.15, 0.2) is 53.2 Å². The first-order valence-corrected chi connectivity index (χ1v) is 7.30. The van der Waals surface area contributed by atoms with E-state index in [4.69, 9.17) is 11.6 Å². The first kappa shape index (κ1) is 15.5. The number of carbonyl (C=O) groups excluding carboxylic acids is 1. The Labute approximate surface area is 130 Å². The van der Waals surface area contributed by atoms with Gasteiger partial charge >= 0.3 is 0 Å². The van der Waals surface area contributed by atoms with Crippen molar-refractivity contribution in [1.29, 1.82) is 0 Å². The van der Waals surface area contributed by atoms with E-state index in [1.54, 1.807) is 24.3 Å². The molecule has 2 rings (SSSR count). The van der Waals surface area contributed by atoms with E-state index in [1.165, 1.54) is 0 Å². The number of hydrogen-bond acceptors (Lipinski definition) is 2. The van der Waals surface area contributed by atoms with Crippen LogP contribution in [0.25, 0.3) is 0 Å². The smallest absolute Gasteiger partial charge is 0.267 e. The van der Waals surface area contributed by atoms with Crippen LogP contribution in [-0.2, 0) is 0 Å². The molecular formula is C17H19ClN2O. The summed E-state index contributed by atoms with van der Waals surface area (Å²) >= 11 is 6.00. The summed E-state index contributed by atoms with van der Waals surface area (Å²) < 4.78 is 0. The Morgan fingerprint density at radius 1 is 1.43 bits per heavy atom. The Kier molecular flexibility index (Phi) is 4.97. The van der Waals surface area contributed by atoms with Gasteiger partial charge in [0.1, 0.15) is 0 Å². The third-order valence-electron chi connectivity index (χ3n) is 3.71. The van der Waals surface area contributed by atoms with E-state index in [1.807, 2.05) is 13.8 Å². The minimum Gasteiger partial charge on any atom is -0.267 e. The van der Waals surface area contributed by atoms with Crippen LogP contribution in [0.4, 0.5) is 0 Å². The van der Waals surface area contributed by atoms with Crippen molar-refractivity contribution in [3.05, 3.63) is 58.7 Å². The molecule has 21 heavy (non-hydrogen) atoms. The predicted molar refractivity (Wildman–Crippen MR) is 87.6 cm³/mol. The summed E-state index contributed by atoms with van der Waals surface area (Å²) in [6, 6.07) is 6.93. The molecule has 110 valence electrons. The van der Waals surface area contributed by atoms with Gasteiger partial charge in [0, 0.05) is 0 Å². The maximum absolute atomic E-state index is 12.1. The molecule has 3 nitrogen and oxygen atoms in total. The summed E-state index contributed by atoms with van der Waals surface area (Å²) in [5, 5.41) is 4.69. The number of rotatable bonds is 3. The molecule has 0 heterocycles. The minimum absolute atomic E-state index is 0.293. The van der Waals surface area contributed by atoms with Crippen LogP contribution in [0.2, 0.25) is 5.02 Å². The molecule has 0 unspecified atom stereocenters. The number of amides is 1. The van der Waals surface area contributed by atoms with Crippen LogP contribution >= 0.6 is 11.6 Å². The van der Waals surface area contributed by atoms with Gasteiger partial charge in [0.05, 0.1) is 16.3 Å². The van der Waals surface area contributed by atoms with Gasteiger partial charge in [-0.2, -0.15) is 5.10 Å². The standard InChI is InChI=1S/C17H19ClN2O/c1-11(2)13-9-8-12(3)16(10-13)19-20-17(21)14-6-4-5-7-15(14)18/h4-8,13H,1,9-10H2,2-3H3,(H,20,21)/b19-16+/t13-/m0/s1. The van der Waals surface area contributed by atoms with Crippen molar-refractivity contribution >= 4 is 23.2 Å². The monoisotopic (exact) mass is 302 g/mol. The fraction of sp³-hybridized carbons (Fsp3) is 0.294. The van der Waals surface area contributed by atoms with Crippen molar-refractivity contribution in [1.82, 2.24) is 5.43 Å². The van der Waals surface area contributed by atoms with E-state index in [0.29, 0.717) is 16.5 Å². The van der Waals surface area contributed by atoms with Crippen LogP contribution in [0.3, 0.4) is 0 Å². The molecule has 1 aromatic carbocycles. The minimum atomic E-state index is -0.293. The van der Waals surface area contributed by atoms with Gasteiger partial charge in [-0.25, -0.2) is 5.43 Å². The fourth-order valence-corrected chi connectivity index (χ4v) is 2.47. The highest BCUT2D eigenvalue weighted by atomic mass is 35.5. The van der Waals surface area contributed by atoms with Crippen LogP contribution < -0.4 is 5.43 Å². The molecule has 0 fully saturated rings. The predicted octanol–water partition coefficient (Wildman–Crippen LogP) is 4.36. The van der Waals surface area contributed by atoms with Crippen molar-refractivity contribution in [3.8, 4) is 0 Å². The summed E-state index contributed by atoms with van der Waals surface area (Å²) in [7, 11) is 0. The largest absolute Gasteiger partial charge is 0.272 e. The zero-order chi connectivity index (χ0) is 15.4. The summed E-state index contributed by atoms with van der Waals surface area (Å²) in [5.74, 6) is 0.100. The molecule has 1 aromatic rings. The van der Waals surface area contributed by atoms with E-state index in [0.717, 1.165) is 29.7 Å². The molecule has 0 spiro atoms. The Morgan fingerprint density at radius 2 is 2.14 bits per heavy atom. The second kappa shape index (κ2) is 6.72. The highest BCUT2D eigenvalue weighted by molar-refractivity contribution is 6.33. The number of halogens is 1. The zero-order valence-corrected chi connectivity index (χ0v) is 13.1. The van der Waals surface area contributed by atoms with Gasteiger partial charge < -0.3 is 0 Å². The summed E-state index contributed by atoms with van der Waals surface area (Å²) in [4.78, 5) is 12.1. The molecule has 0 saturated carbocycles. The zero-order valence-electron chi connectivity index (χ0n) is 12.3. The molecule has 0 aromatic heterocycles. The van der Waals surface area contributed by atoms with Crippen molar-refractivity contribution in [3.63, 3.8) is 0 Å². The second-order valence-corrected chi connectivity index (χ2v) is 5.76. The van der Waals surface area contributed by atoms with E-state index in [9.17, 15) is 4.79 Å². The van der Waals surface area contributed by atoms with Crippen LogP contribution in [0.1, 0.15) is 37.0 Å². The molecule has 1 atom stereocenters. The maximum atomic E-state index is 12.1. The van der Waals surface area contributed by atoms with Crippen LogP contribution in [0, 0.1) is 5.92 Å². The number of allylic oxidation sites excluding steroid dienone is 3. The maximum Gasteiger partial charge on any atom is 0.272 e. The number of carbonyl (C=O) groups is 1. The first-order valence-electron chi connectivity index (χ1n) is 6.93. The summed E-state index contributed by atoms with van der Waals surface area (Å²) in [5.41, 5.74) is 6.17. The van der Waals surface area contributed by atoms with Crippen molar-refractivity contribution < 1.29 is 4.79 Å². The van der Waals surface area contributed by atoms with Crippen molar-refractivity contribution in [2.45, 2.75) is 26.7 Å². The Morgan fingerprint density at radius 3 is 2.81 bits per heavy atom. The summed E-state index contributed by atoms with van der Waals surface area (Å²) in [6.45, 7) is 8.04. The Balaban J connectivity index is 2.12. The molecule has 0 radical (unpaired) electrons. The summed E-state index contributed by atoms with van der Waals surface area (Å²) in [6.07, 6.45) is 3.93. The van der Waals surface area contributed by atoms with Gasteiger partial charge in [0.2, 0.25) is 0 Å². The average molecular weight is 303 g/mol. The number of nitrogens with one attached hydrogen (secondary N) is 1. The number of nitrogens with zero attached hydrogens (tertiary/aromatic N) is 1. The van der Waals surface area contributed by atoms with Gasteiger partial charge in [-0.15, -0.1) is 0 Å². The third kappa shape index (κ3) is 3.82. The number of benzene rings is 1. The van der Waals surface area contributed by atoms with Crippen molar-refractivity contribution in [2.75, 3.05) is 0 Å². The quantitative estimate of drug-likeness (QED) is 0.654. The molecule has 0 aliphatic heterocycles. The van der Waals surface area contributed by atoms with E-state index < -0.39 is 0 Å². The van der Waals surface area contributed by atoms with E-state index in [2.05, 4.69) is 23.2 Å². The van der Waals surface area contributed by atoms with Gasteiger partial charge in [-0.3, -0.25) is 4.79 Å².